The Morgan fingerprint density at radius 1 is 0.938 bits per heavy atom. The topological polar surface area (TPSA) is 97.3 Å². The lowest BCUT2D eigenvalue weighted by molar-refractivity contribution is -0.276. The number of alkyl halides is 3. The number of nitrogens with zero attached hydrogens (tertiary/aromatic N) is 1. The second kappa shape index (κ2) is 15.5. The van der Waals surface area contributed by atoms with Crippen LogP contribution in [0.4, 0.5) is 0 Å². The molecule has 1 amide bonds. The molecule has 2 heterocycles. The molecule has 0 saturated carbocycles. The number of benzene rings is 3. The number of nitrogens with one attached hydrogen (secondary N) is 1. The molecular weight excluding hydrogens is 675 g/mol. The fourth-order valence-electron chi connectivity index (χ4n) is 6.22. The van der Waals surface area contributed by atoms with E-state index in [0.29, 0.717) is 6.54 Å². The monoisotopic (exact) mass is 716 g/mol. The molecule has 0 aliphatic carbocycles. The minimum atomic E-state index is -2.02. The van der Waals surface area contributed by atoms with Gasteiger partial charge < -0.3 is 24.6 Å². The molecule has 258 valence electrons. The van der Waals surface area contributed by atoms with E-state index >= 15 is 0 Å². The van der Waals surface area contributed by atoms with E-state index in [4.69, 9.17) is 49.0 Å². The van der Waals surface area contributed by atoms with E-state index in [-0.39, 0.29) is 43.3 Å². The van der Waals surface area contributed by atoms with Crippen LogP contribution in [0.3, 0.4) is 0 Å². The average molecular weight is 718 g/mol. The molecular formula is C37H43Cl3N2O6. The van der Waals surface area contributed by atoms with Gasteiger partial charge in [0.25, 0.3) is 9.70 Å². The number of esters is 1. The number of halogens is 3. The molecule has 0 spiro atoms. The fraction of sp³-hybridized carbons (Fsp3) is 0.459. The molecule has 0 radical (unpaired) electrons. The van der Waals surface area contributed by atoms with E-state index in [9.17, 15) is 14.7 Å². The van der Waals surface area contributed by atoms with Gasteiger partial charge in [-0.15, -0.1) is 0 Å². The number of aliphatic hydroxyl groups excluding tert-OH is 1. The van der Waals surface area contributed by atoms with Crippen molar-refractivity contribution in [1.82, 2.24) is 10.2 Å². The van der Waals surface area contributed by atoms with Gasteiger partial charge in [0.1, 0.15) is 11.6 Å². The minimum Gasteiger partial charge on any atom is -0.459 e. The highest BCUT2D eigenvalue weighted by atomic mass is 35.6. The zero-order valence-electron chi connectivity index (χ0n) is 27.6. The summed E-state index contributed by atoms with van der Waals surface area (Å²) in [4.78, 5) is 27.3. The van der Waals surface area contributed by atoms with Gasteiger partial charge in [-0.2, -0.15) is 0 Å². The van der Waals surface area contributed by atoms with E-state index in [1.807, 2.05) is 93.6 Å². The number of ether oxygens (including phenoxy) is 3. The van der Waals surface area contributed by atoms with E-state index in [0.717, 1.165) is 52.8 Å². The fourth-order valence-corrected chi connectivity index (χ4v) is 6.42. The molecule has 2 aliphatic heterocycles. The zero-order chi connectivity index (χ0) is 34.6. The van der Waals surface area contributed by atoms with Gasteiger partial charge in [0.05, 0.1) is 18.8 Å². The molecule has 3 aromatic carbocycles. The van der Waals surface area contributed by atoms with Gasteiger partial charge in [0, 0.05) is 24.6 Å². The Bertz CT molecular complexity index is 1560. The normalized spacial score (nSPS) is 23.5. The number of rotatable bonds is 9. The first-order valence-electron chi connectivity index (χ1n) is 16.2. The Balaban J connectivity index is 1.36. The molecule has 5 atom stereocenters. The lowest BCUT2D eigenvalue weighted by Crippen LogP contribution is -2.48. The number of carbonyl (C=O) groups is 2. The summed E-state index contributed by atoms with van der Waals surface area (Å²) in [5.74, 6) is -0.903. The van der Waals surface area contributed by atoms with Crippen LogP contribution in [0.2, 0.25) is 0 Å². The van der Waals surface area contributed by atoms with Crippen molar-refractivity contribution in [3.05, 3.63) is 95.1 Å². The predicted molar refractivity (Wildman–Crippen MR) is 187 cm³/mol. The Hall–Kier alpha value is -2.69. The smallest absolute Gasteiger partial charge is 0.323 e. The molecule has 0 unspecified atom stereocenters. The largest absolute Gasteiger partial charge is 0.459 e. The quantitative estimate of drug-likeness (QED) is 0.176. The van der Waals surface area contributed by atoms with Crippen LogP contribution in [0.1, 0.15) is 75.2 Å². The molecule has 2 saturated heterocycles. The summed E-state index contributed by atoms with van der Waals surface area (Å²) in [6, 6.07) is 23.3. The maximum absolute atomic E-state index is 13.1. The standard InChI is InChI=1S/C37H43Cl3N2O6/c1-23-31(21-42-18-6-9-30(42)33(44)48-36(2,3)4)46-34(47-32(23)27-12-10-24(22-43)11-13-27)28-16-14-26(15-17-28)29-8-5-7-25(19-29)20-41-35(45)37(38,39)40/h5,7-8,10-17,19,23,30-32,34,43H,6,9,18,20-22H2,1-4H3,(H,41,45)/t23-,30+,31+,32+,34+/m1/s1. The first kappa shape index (κ1) is 36.6. The summed E-state index contributed by atoms with van der Waals surface area (Å²) >= 11 is 17.0. The van der Waals surface area contributed by atoms with E-state index in [1.54, 1.807) is 0 Å². The van der Waals surface area contributed by atoms with Crippen LogP contribution < -0.4 is 5.32 Å². The molecule has 3 aromatic rings. The third kappa shape index (κ3) is 9.30. The lowest BCUT2D eigenvalue weighted by Gasteiger charge is -2.43. The van der Waals surface area contributed by atoms with Crippen molar-refractivity contribution in [2.75, 3.05) is 13.1 Å². The third-order valence-corrected chi connectivity index (χ3v) is 9.25. The van der Waals surface area contributed by atoms with Crippen molar-refractivity contribution in [3.63, 3.8) is 0 Å². The minimum absolute atomic E-state index is 0.0230. The Morgan fingerprint density at radius 3 is 2.27 bits per heavy atom. The maximum atomic E-state index is 13.1. The van der Waals surface area contributed by atoms with Gasteiger partial charge in [0.2, 0.25) is 0 Å². The van der Waals surface area contributed by atoms with Crippen LogP contribution in [0.5, 0.6) is 0 Å². The summed E-state index contributed by atoms with van der Waals surface area (Å²) in [5, 5.41) is 12.2. The Labute approximate surface area is 297 Å². The number of hydrogen-bond acceptors (Lipinski definition) is 7. The molecule has 5 rings (SSSR count). The van der Waals surface area contributed by atoms with E-state index < -0.39 is 21.6 Å². The van der Waals surface area contributed by atoms with Crippen LogP contribution in [-0.2, 0) is 37.0 Å². The van der Waals surface area contributed by atoms with Crippen molar-refractivity contribution in [2.45, 2.75) is 87.6 Å². The van der Waals surface area contributed by atoms with Crippen molar-refractivity contribution >= 4 is 46.7 Å². The van der Waals surface area contributed by atoms with Crippen LogP contribution in [0.15, 0.2) is 72.8 Å². The summed E-state index contributed by atoms with van der Waals surface area (Å²) < 4.78 is 17.1. The van der Waals surface area contributed by atoms with Crippen LogP contribution in [-0.4, -0.2) is 56.5 Å². The van der Waals surface area contributed by atoms with Crippen molar-refractivity contribution in [1.29, 1.82) is 0 Å². The van der Waals surface area contributed by atoms with Gasteiger partial charge in [-0.1, -0.05) is 108 Å². The van der Waals surface area contributed by atoms with Crippen molar-refractivity contribution in [3.8, 4) is 11.1 Å². The number of aliphatic hydroxyl groups is 1. The molecule has 2 fully saturated rings. The first-order chi connectivity index (χ1) is 22.7. The molecule has 0 bridgehead atoms. The molecule has 11 heteroatoms. The van der Waals surface area contributed by atoms with Crippen molar-refractivity contribution in [2.24, 2.45) is 5.92 Å². The van der Waals surface area contributed by atoms with Crippen LogP contribution >= 0.6 is 34.8 Å². The van der Waals surface area contributed by atoms with E-state index in [2.05, 4.69) is 17.1 Å². The van der Waals surface area contributed by atoms with Gasteiger partial charge >= 0.3 is 5.97 Å². The van der Waals surface area contributed by atoms with Crippen LogP contribution in [0.25, 0.3) is 11.1 Å². The number of hydrogen-bond donors (Lipinski definition) is 2. The van der Waals surface area contributed by atoms with Gasteiger partial charge in [-0.3, -0.25) is 14.5 Å². The third-order valence-electron chi connectivity index (χ3n) is 8.73. The maximum Gasteiger partial charge on any atom is 0.323 e. The average Bonchev–Trinajstić information content (AvgIpc) is 3.52. The highest BCUT2D eigenvalue weighted by Crippen LogP contribution is 2.42. The Kier molecular flexibility index (Phi) is 11.8. The molecule has 2 N–H and O–H groups in total. The molecule has 2 aliphatic rings. The Morgan fingerprint density at radius 2 is 1.62 bits per heavy atom. The predicted octanol–water partition coefficient (Wildman–Crippen LogP) is 7.43. The lowest BCUT2D eigenvalue weighted by atomic mass is 9.89. The summed E-state index contributed by atoms with van der Waals surface area (Å²) in [6.45, 7) is 9.33. The summed E-state index contributed by atoms with van der Waals surface area (Å²) in [7, 11) is 0. The first-order valence-corrected chi connectivity index (χ1v) is 17.4. The van der Waals surface area contributed by atoms with Gasteiger partial charge in [-0.05, 0) is 74.0 Å². The van der Waals surface area contributed by atoms with Crippen molar-refractivity contribution < 1.29 is 28.9 Å². The SMILES string of the molecule is C[C@@H]1[C@H](CN2CCC[C@H]2C(=O)OC(C)(C)C)O[C@H](c2ccc(-c3cccc(CNC(=O)C(Cl)(Cl)Cl)c3)cc2)O[C@@H]1c1ccc(CO)cc1. The van der Waals surface area contributed by atoms with Gasteiger partial charge in [-0.25, -0.2) is 0 Å². The number of amides is 1. The highest BCUT2D eigenvalue weighted by molar-refractivity contribution is 6.76. The summed E-state index contributed by atoms with van der Waals surface area (Å²) in [5.41, 5.74) is 4.93. The van der Waals surface area contributed by atoms with Gasteiger partial charge in [0.15, 0.2) is 6.29 Å². The second-order valence-electron chi connectivity index (χ2n) is 13.5. The second-order valence-corrected chi connectivity index (χ2v) is 15.8. The summed E-state index contributed by atoms with van der Waals surface area (Å²) in [6.07, 6.45) is 0.522. The zero-order valence-corrected chi connectivity index (χ0v) is 29.9. The number of likely N-dealkylation sites (tertiary alicyclic amines) is 1. The molecule has 0 aromatic heterocycles. The van der Waals surface area contributed by atoms with Crippen LogP contribution in [0, 0.1) is 5.92 Å². The number of carbonyl (C=O) groups excluding carboxylic acids is 2. The van der Waals surface area contributed by atoms with E-state index in [1.165, 1.54) is 0 Å². The molecule has 8 nitrogen and oxygen atoms in total. The highest BCUT2D eigenvalue weighted by Gasteiger charge is 2.42. The molecule has 48 heavy (non-hydrogen) atoms.